The van der Waals surface area contributed by atoms with Gasteiger partial charge >= 0.3 is 0 Å². The van der Waals surface area contributed by atoms with E-state index >= 15 is 0 Å². The summed E-state index contributed by atoms with van der Waals surface area (Å²) in [5.74, 6) is 0.0502. The molecule has 0 radical (unpaired) electrons. The van der Waals surface area contributed by atoms with Gasteiger partial charge in [-0.15, -0.1) is 11.8 Å². The van der Waals surface area contributed by atoms with E-state index in [0.29, 0.717) is 11.4 Å². The zero-order valence-corrected chi connectivity index (χ0v) is 18.0. The summed E-state index contributed by atoms with van der Waals surface area (Å²) in [4.78, 5) is 29.2. The molecule has 1 saturated heterocycles. The number of nitrogens with zero attached hydrogens (tertiary/aromatic N) is 2. The molecule has 5 nitrogen and oxygen atoms in total. The summed E-state index contributed by atoms with van der Waals surface area (Å²) in [7, 11) is 1.59. The summed E-state index contributed by atoms with van der Waals surface area (Å²) in [5, 5.41) is 0. The zero-order valence-electron chi connectivity index (χ0n) is 17.2. The number of fused-ring (bicyclic) bond motifs is 1. The van der Waals surface area contributed by atoms with Gasteiger partial charge in [-0.1, -0.05) is 6.08 Å². The van der Waals surface area contributed by atoms with E-state index in [4.69, 9.17) is 4.74 Å². The Bertz CT molecular complexity index is 1140. The third-order valence-electron chi connectivity index (χ3n) is 6.03. The lowest BCUT2D eigenvalue weighted by Crippen LogP contribution is -2.54. The molecule has 2 aromatic carbocycles. The maximum absolute atomic E-state index is 14.1. The number of ether oxygens (including phenoxy) is 1. The topological polar surface area (TPSA) is 49.9 Å². The quantitative estimate of drug-likeness (QED) is 0.721. The number of methoxy groups -OCH3 is 1. The van der Waals surface area contributed by atoms with Crippen molar-refractivity contribution in [2.24, 2.45) is 0 Å². The molecule has 154 valence electrons. The minimum Gasteiger partial charge on any atom is -0.497 e. The standard InChI is InChI=1S/C23H21FN2O3S/c1-13-11-22(2,3)26-20-17(13)9-16(29-4)10-18(20)23(21(26)28)25(19(27)12-30-23)15-7-5-14(24)6-8-15/h5-11H,12H2,1-4H3. The van der Waals surface area contributed by atoms with E-state index in [9.17, 15) is 14.0 Å². The summed E-state index contributed by atoms with van der Waals surface area (Å²) >= 11 is 1.31. The Hall–Kier alpha value is -2.80. The van der Waals surface area contributed by atoms with Gasteiger partial charge in [0.2, 0.25) is 10.8 Å². The number of carbonyl (C=O) groups excluding carboxylic acids is 2. The van der Waals surface area contributed by atoms with Crippen LogP contribution in [0.2, 0.25) is 0 Å². The highest BCUT2D eigenvalue weighted by Gasteiger charge is 2.64. The second kappa shape index (κ2) is 6.11. The maximum atomic E-state index is 14.1. The molecular formula is C23H21FN2O3S. The number of rotatable bonds is 2. The van der Waals surface area contributed by atoms with Gasteiger partial charge in [0.25, 0.3) is 5.91 Å². The highest BCUT2D eigenvalue weighted by atomic mass is 32.2. The van der Waals surface area contributed by atoms with E-state index < -0.39 is 16.2 Å². The first-order chi connectivity index (χ1) is 14.2. The number of thioether (sulfide) groups is 1. The number of benzene rings is 2. The Morgan fingerprint density at radius 3 is 2.47 bits per heavy atom. The first kappa shape index (κ1) is 19.2. The average Bonchev–Trinajstić information content (AvgIpc) is 3.17. The summed E-state index contributed by atoms with van der Waals surface area (Å²) in [6.45, 7) is 6.01. The summed E-state index contributed by atoms with van der Waals surface area (Å²) in [5.41, 5.74) is 3.48. The maximum Gasteiger partial charge on any atom is 0.269 e. The fourth-order valence-electron chi connectivity index (χ4n) is 4.86. The summed E-state index contributed by atoms with van der Waals surface area (Å²) in [6.07, 6.45) is 2.07. The normalized spacial score (nSPS) is 23.8. The van der Waals surface area contributed by atoms with Gasteiger partial charge in [0.15, 0.2) is 0 Å². The first-order valence-electron chi connectivity index (χ1n) is 9.70. The number of amides is 2. The predicted molar refractivity (Wildman–Crippen MR) is 116 cm³/mol. The van der Waals surface area contributed by atoms with Crippen LogP contribution < -0.4 is 14.5 Å². The lowest BCUT2D eigenvalue weighted by molar-refractivity contribution is -0.124. The van der Waals surface area contributed by atoms with Crippen molar-refractivity contribution in [3.63, 3.8) is 0 Å². The van der Waals surface area contributed by atoms with Crippen LogP contribution in [0.4, 0.5) is 15.8 Å². The molecule has 1 spiro atoms. The molecule has 1 fully saturated rings. The van der Waals surface area contributed by atoms with Crippen LogP contribution in [-0.4, -0.2) is 30.2 Å². The molecular weight excluding hydrogens is 403 g/mol. The molecule has 0 N–H and O–H groups in total. The molecule has 30 heavy (non-hydrogen) atoms. The van der Waals surface area contributed by atoms with Crippen molar-refractivity contribution >= 4 is 40.5 Å². The molecule has 2 aromatic rings. The lowest BCUT2D eigenvalue weighted by Gasteiger charge is -2.40. The predicted octanol–water partition coefficient (Wildman–Crippen LogP) is 4.31. The van der Waals surface area contributed by atoms with Crippen LogP contribution in [0.1, 0.15) is 31.9 Å². The summed E-state index contributed by atoms with van der Waals surface area (Å²) in [6, 6.07) is 9.50. The van der Waals surface area contributed by atoms with Gasteiger partial charge in [-0.25, -0.2) is 4.39 Å². The number of hydrogen-bond donors (Lipinski definition) is 0. The van der Waals surface area contributed by atoms with Crippen LogP contribution in [0.25, 0.3) is 5.57 Å². The van der Waals surface area contributed by atoms with Gasteiger partial charge in [-0.05, 0) is 62.7 Å². The van der Waals surface area contributed by atoms with Gasteiger partial charge < -0.3 is 4.74 Å². The number of hydrogen-bond acceptors (Lipinski definition) is 4. The Morgan fingerprint density at radius 2 is 1.80 bits per heavy atom. The molecule has 0 aliphatic carbocycles. The minimum atomic E-state index is -1.25. The molecule has 3 aliphatic rings. The molecule has 5 rings (SSSR count). The fourth-order valence-corrected chi connectivity index (χ4v) is 6.18. The number of halogens is 1. The third kappa shape index (κ3) is 2.29. The van der Waals surface area contributed by atoms with Crippen LogP contribution in [0, 0.1) is 5.82 Å². The fraction of sp³-hybridized carbons (Fsp3) is 0.304. The van der Waals surface area contributed by atoms with Gasteiger partial charge in [0.1, 0.15) is 11.6 Å². The van der Waals surface area contributed by atoms with Gasteiger partial charge in [0.05, 0.1) is 24.1 Å². The smallest absolute Gasteiger partial charge is 0.269 e. The molecule has 3 heterocycles. The van der Waals surface area contributed by atoms with E-state index in [1.165, 1.54) is 28.8 Å². The highest BCUT2D eigenvalue weighted by Crippen LogP contribution is 2.60. The molecule has 0 bridgehead atoms. The van der Waals surface area contributed by atoms with E-state index in [0.717, 1.165) is 22.4 Å². The van der Waals surface area contributed by atoms with Crippen LogP contribution in [0.3, 0.4) is 0 Å². The Balaban J connectivity index is 1.83. The third-order valence-corrected chi connectivity index (χ3v) is 7.41. The van der Waals surface area contributed by atoms with Crippen molar-refractivity contribution in [3.8, 4) is 5.75 Å². The zero-order chi connectivity index (χ0) is 21.4. The van der Waals surface area contributed by atoms with E-state index in [-0.39, 0.29) is 17.6 Å². The van der Waals surface area contributed by atoms with Crippen molar-refractivity contribution in [1.29, 1.82) is 0 Å². The SMILES string of the molecule is COc1cc2c3c(c1)C1(SCC(=O)N1c1ccc(F)cc1)C(=O)N3C(C)(C)C=C2C. The first-order valence-corrected chi connectivity index (χ1v) is 10.7. The van der Waals surface area contributed by atoms with Crippen molar-refractivity contribution in [2.45, 2.75) is 31.2 Å². The van der Waals surface area contributed by atoms with Crippen LogP contribution >= 0.6 is 11.8 Å². The van der Waals surface area contributed by atoms with Crippen molar-refractivity contribution in [1.82, 2.24) is 0 Å². The van der Waals surface area contributed by atoms with E-state index in [1.807, 2.05) is 32.9 Å². The molecule has 2 amide bonds. The number of anilines is 2. The molecule has 1 unspecified atom stereocenters. The second-order valence-corrected chi connectivity index (χ2v) is 9.50. The Kier molecular flexibility index (Phi) is 3.90. The summed E-state index contributed by atoms with van der Waals surface area (Å²) < 4.78 is 19.1. The molecule has 0 saturated carbocycles. The van der Waals surface area contributed by atoms with Gasteiger partial charge in [-0.3, -0.25) is 19.4 Å². The monoisotopic (exact) mass is 424 g/mol. The molecule has 1 atom stereocenters. The number of carbonyl (C=O) groups is 2. The van der Waals surface area contributed by atoms with E-state index in [2.05, 4.69) is 6.08 Å². The molecule has 3 aliphatic heterocycles. The lowest BCUT2D eigenvalue weighted by atomic mass is 9.89. The Labute approximate surface area is 178 Å². The van der Waals surface area contributed by atoms with Crippen LogP contribution in [-0.2, 0) is 14.5 Å². The number of allylic oxidation sites excluding steroid dienone is 1. The van der Waals surface area contributed by atoms with E-state index in [1.54, 1.807) is 24.1 Å². The van der Waals surface area contributed by atoms with Crippen LogP contribution in [0.5, 0.6) is 5.75 Å². The van der Waals surface area contributed by atoms with Crippen LogP contribution in [0.15, 0.2) is 42.5 Å². The van der Waals surface area contributed by atoms with Gasteiger partial charge in [-0.2, -0.15) is 0 Å². The largest absolute Gasteiger partial charge is 0.497 e. The molecule has 0 aromatic heterocycles. The van der Waals surface area contributed by atoms with Gasteiger partial charge in [0, 0.05) is 16.8 Å². The average molecular weight is 424 g/mol. The Morgan fingerprint density at radius 1 is 1.10 bits per heavy atom. The molecule has 7 heteroatoms. The highest BCUT2D eigenvalue weighted by molar-refractivity contribution is 8.02. The van der Waals surface area contributed by atoms with Crippen molar-refractivity contribution < 1.29 is 18.7 Å². The minimum absolute atomic E-state index is 0.162. The van der Waals surface area contributed by atoms with Crippen molar-refractivity contribution in [2.75, 3.05) is 22.7 Å². The van der Waals surface area contributed by atoms with Crippen molar-refractivity contribution in [3.05, 3.63) is 59.4 Å². The second-order valence-electron chi connectivity index (χ2n) is 8.33.